The summed E-state index contributed by atoms with van der Waals surface area (Å²) in [6.45, 7) is 25.2. The van der Waals surface area contributed by atoms with Crippen LogP contribution in [0, 0.1) is 6.92 Å². The van der Waals surface area contributed by atoms with Crippen LogP contribution in [0.1, 0.15) is 59.8 Å². The molecule has 0 radical (unpaired) electrons. The third kappa shape index (κ3) is 6.43. The number of nitrogens with one attached hydrogen (secondary N) is 1. The maximum absolute atomic E-state index is 6.95. The summed E-state index contributed by atoms with van der Waals surface area (Å²) in [6.07, 6.45) is 1.83. The Morgan fingerprint density at radius 1 is 1.00 bits per heavy atom. The van der Waals surface area contributed by atoms with Crippen molar-refractivity contribution in [3.63, 3.8) is 0 Å². The molecule has 3 heterocycles. The van der Waals surface area contributed by atoms with Gasteiger partial charge in [0, 0.05) is 12.1 Å². The first kappa shape index (κ1) is 30.6. The normalized spacial score (nSPS) is 20.8. The lowest BCUT2D eigenvalue weighted by Crippen LogP contribution is -2.48. The number of imidazole rings is 1. The molecule has 0 aliphatic carbocycles. The minimum Gasteiger partial charge on any atom is -0.414 e. The molecule has 40 heavy (non-hydrogen) atoms. The summed E-state index contributed by atoms with van der Waals surface area (Å²) in [4.78, 5) is 13.7. The molecule has 9 nitrogen and oxygen atoms in total. The van der Waals surface area contributed by atoms with E-state index in [1.807, 2.05) is 28.8 Å². The molecular formula is C29H48N6O3Si2. The highest BCUT2D eigenvalue weighted by Crippen LogP contribution is 2.43. The highest BCUT2D eigenvalue weighted by Gasteiger charge is 2.47. The zero-order chi connectivity index (χ0) is 29.7. The van der Waals surface area contributed by atoms with Crippen molar-refractivity contribution in [1.82, 2.24) is 19.5 Å². The van der Waals surface area contributed by atoms with Gasteiger partial charge in [0.1, 0.15) is 12.3 Å². The SMILES string of the molecule is Cc1ccc(Nc2nc(N)nc3c2ncn3[C@H]2C[C@H](O[Si](C)(C)C(C)(C)C)[C@@H](CO[Si](C)(C)C(C)(C)C)O2)cc1. The van der Waals surface area contributed by atoms with Crippen LogP contribution < -0.4 is 11.1 Å². The summed E-state index contributed by atoms with van der Waals surface area (Å²) in [5, 5.41) is 3.54. The van der Waals surface area contributed by atoms with Crippen LogP contribution in [0.2, 0.25) is 36.3 Å². The van der Waals surface area contributed by atoms with Gasteiger partial charge in [0.2, 0.25) is 5.95 Å². The number of nitrogens with two attached hydrogens (primary N) is 1. The second-order valence-corrected chi connectivity index (χ2v) is 23.7. The van der Waals surface area contributed by atoms with Crippen LogP contribution in [-0.2, 0) is 13.6 Å². The molecule has 0 saturated carbocycles. The van der Waals surface area contributed by atoms with E-state index in [9.17, 15) is 0 Å². The average Bonchev–Trinajstić information content (AvgIpc) is 3.41. The second-order valence-electron chi connectivity index (χ2n) is 14.1. The standard InChI is InChI=1S/C29H48N6O3Si2/c1-19-12-14-20(15-13-19)32-25-24-26(34-27(30)33-25)35(18-31-24)23-16-21(38-40(10,11)29(5,6)7)22(37-23)17-36-39(8,9)28(2,3)4/h12-15,18,21-23H,16-17H2,1-11H3,(H3,30,32,33,34)/t21-,22+,23+/m0/s1. The molecule has 3 aromatic rings. The minimum absolute atomic E-state index is 0.0792. The maximum Gasteiger partial charge on any atom is 0.224 e. The average molecular weight is 585 g/mol. The molecule has 0 amide bonds. The molecular weight excluding hydrogens is 537 g/mol. The predicted octanol–water partition coefficient (Wildman–Crippen LogP) is 7.16. The van der Waals surface area contributed by atoms with Gasteiger partial charge in [-0.2, -0.15) is 9.97 Å². The molecule has 1 aliphatic heterocycles. The van der Waals surface area contributed by atoms with Crippen LogP contribution >= 0.6 is 0 Å². The summed E-state index contributed by atoms with van der Waals surface area (Å²) in [7, 11) is -4.04. The third-order valence-electron chi connectivity index (χ3n) is 8.91. The number of nitrogens with zero attached hydrogens (tertiary/aromatic N) is 4. The Hall–Kier alpha value is -2.32. The maximum atomic E-state index is 6.95. The molecule has 4 rings (SSSR count). The van der Waals surface area contributed by atoms with E-state index in [1.165, 1.54) is 5.56 Å². The summed E-state index contributed by atoms with van der Waals surface area (Å²) in [6, 6.07) is 8.10. The van der Waals surface area contributed by atoms with Crippen LogP contribution in [0.5, 0.6) is 0 Å². The van der Waals surface area contributed by atoms with E-state index in [0.717, 1.165) is 5.69 Å². The fraction of sp³-hybridized carbons (Fsp3) is 0.621. The lowest BCUT2D eigenvalue weighted by molar-refractivity contribution is -0.0383. The fourth-order valence-electron chi connectivity index (χ4n) is 4.21. The number of nitrogen functional groups attached to an aromatic ring is 1. The number of hydrogen-bond donors (Lipinski definition) is 2. The van der Waals surface area contributed by atoms with Gasteiger partial charge in [0.15, 0.2) is 33.6 Å². The highest BCUT2D eigenvalue weighted by molar-refractivity contribution is 6.74. The number of benzene rings is 1. The van der Waals surface area contributed by atoms with Crippen LogP contribution in [-0.4, -0.2) is 55.0 Å². The highest BCUT2D eigenvalue weighted by atomic mass is 28.4. The van der Waals surface area contributed by atoms with Crippen LogP contribution in [0.15, 0.2) is 30.6 Å². The molecule has 0 bridgehead atoms. The van der Waals surface area contributed by atoms with E-state index in [2.05, 4.69) is 94.9 Å². The number of rotatable bonds is 8. The van der Waals surface area contributed by atoms with E-state index in [0.29, 0.717) is 30.0 Å². The minimum atomic E-state index is -2.06. The number of hydrogen-bond acceptors (Lipinski definition) is 8. The topological polar surface area (TPSA) is 109 Å². The molecule has 1 saturated heterocycles. The second kappa shape index (κ2) is 10.8. The number of aryl methyl sites for hydroxylation is 1. The van der Waals surface area contributed by atoms with Crippen molar-refractivity contribution >= 4 is 45.3 Å². The molecule has 1 fully saturated rings. The predicted molar refractivity (Wildman–Crippen MR) is 168 cm³/mol. The van der Waals surface area contributed by atoms with E-state index < -0.39 is 16.6 Å². The monoisotopic (exact) mass is 584 g/mol. The van der Waals surface area contributed by atoms with Gasteiger partial charge < -0.3 is 24.6 Å². The summed E-state index contributed by atoms with van der Waals surface area (Å²) < 4.78 is 22.3. The van der Waals surface area contributed by atoms with Crippen molar-refractivity contribution < 1.29 is 13.6 Å². The lowest BCUT2D eigenvalue weighted by Gasteiger charge is -2.40. The molecule has 1 aliphatic rings. The van der Waals surface area contributed by atoms with Crippen LogP contribution in [0.4, 0.5) is 17.5 Å². The summed E-state index contributed by atoms with van der Waals surface area (Å²) in [5.41, 5.74) is 9.53. The molecule has 3 atom stereocenters. The Balaban J connectivity index is 1.64. The molecule has 1 aromatic carbocycles. The first-order chi connectivity index (χ1) is 18.4. The van der Waals surface area contributed by atoms with Crippen molar-refractivity contribution in [3.8, 4) is 0 Å². The zero-order valence-corrected chi connectivity index (χ0v) is 28.1. The zero-order valence-electron chi connectivity index (χ0n) is 26.1. The van der Waals surface area contributed by atoms with Crippen molar-refractivity contribution in [3.05, 3.63) is 36.2 Å². The number of aromatic nitrogens is 4. The Kier molecular flexibility index (Phi) is 8.29. The number of fused-ring (bicyclic) bond motifs is 1. The van der Waals surface area contributed by atoms with Crippen molar-refractivity contribution in [2.75, 3.05) is 17.7 Å². The largest absolute Gasteiger partial charge is 0.414 e. The number of anilines is 3. The molecule has 220 valence electrons. The van der Waals surface area contributed by atoms with E-state index in [4.69, 9.17) is 19.3 Å². The fourth-order valence-corrected chi connectivity index (χ4v) is 6.58. The van der Waals surface area contributed by atoms with Gasteiger partial charge in [0.05, 0.1) is 19.0 Å². The Bertz CT molecular complexity index is 1330. The molecule has 2 aromatic heterocycles. The molecule has 0 unspecified atom stereocenters. The van der Waals surface area contributed by atoms with E-state index in [-0.39, 0.29) is 34.5 Å². The van der Waals surface area contributed by atoms with Gasteiger partial charge in [-0.3, -0.25) is 4.57 Å². The Morgan fingerprint density at radius 3 is 2.23 bits per heavy atom. The van der Waals surface area contributed by atoms with E-state index in [1.54, 1.807) is 6.33 Å². The van der Waals surface area contributed by atoms with Gasteiger partial charge in [-0.05, 0) is 55.3 Å². The van der Waals surface area contributed by atoms with Crippen molar-refractivity contribution in [2.24, 2.45) is 0 Å². The lowest BCUT2D eigenvalue weighted by atomic mass is 10.2. The van der Waals surface area contributed by atoms with Crippen LogP contribution in [0.3, 0.4) is 0 Å². The van der Waals surface area contributed by atoms with Gasteiger partial charge in [0.25, 0.3) is 0 Å². The van der Waals surface area contributed by atoms with Crippen LogP contribution in [0.25, 0.3) is 11.2 Å². The smallest absolute Gasteiger partial charge is 0.224 e. The van der Waals surface area contributed by atoms with Gasteiger partial charge >= 0.3 is 0 Å². The first-order valence-electron chi connectivity index (χ1n) is 14.2. The number of ether oxygens (including phenoxy) is 1. The third-order valence-corrected chi connectivity index (χ3v) is 17.9. The molecule has 3 N–H and O–H groups in total. The Labute approximate surface area is 241 Å². The van der Waals surface area contributed by atoms with Gasteiger partial charge in [-0.15, -0.1) is 0 Å². The molecule has 0 spiro atoms. The van der Waals surface area contributed by atoms with Gasteiger partial charge in [-0.1, -0.05) is 59.2 Å². The quantitative estimate of drug-likeness (QED) is 0.268. The van der Waals surface area contributed by atoms with E-state index >= 15 is 0 Å². The Morgan fingerprint density at radius 2 is 1.62 bits per heavy atom. The summed E-state index contributed by atoms with van der Waals surface area (Å²) in [5.74, 6) is 0.740. The summed E-state index contributed by atoms with van der Waals surface area (Å²) >= 11 is 0. The van der Waals surface area contributed by atoms with Crippen molar-refractivity contribution in [2.45, 2.75) is 110 Å². The first-order valence-corrected chi connectivity index (χ1v) is 20.0. The molecule has 11 heteroatoms. The van der Waals surface area contributed by atoms with Gasteiger partial charge in [-0.25, -0.2) is 4.98 Å². The van der Waals surface area contributed by atoms with Crippen molar-refractivity contribution in [1.29, 1.82) is 0 Å².